The fraction of sp³-hybridized carbons (Fsp3) is 0.625. The van der Waals surface area contributed by atoms with Crippen LogP contribution in [0, 0.1) is 11.3 Å². The van der Waals surface area contributed by atoms with Gasteiger partial charge < -0.3 is 0 Å². The van der Waals surface area contributed by atoms with Crippen LogP contribution in [-0.4, -0.2) is 0 Å². The topological polar surface area (TPSA) is 0 Å². The molecule has 0 heterocycles. The Hall–Kier alpha value is -0.780. The summed E-state index contributed by atoms with van der Waals surface area (Å²) in [5, 5.41) is 0. The Balaban J connectivity index is 0.000000168. The van der Waals surface area contributed by atoms with Gasteiger partial charge in [0.05, 0.1) is 0 Å². The molecule has 1 aliphatic rings. The van der Waals surface area contributed by atoms with E-state index in [4.69, 9.17) is 0 Å². The third-order valence-corrected chi connectivity index (χ3v) is 3.74. The number of aryl methyl sites for hydroxylation is 2. The van der Waals surface area contributed by atoms with Crippen molar-refractivity contribution in [2.24, 2.45) is 11.3 Å². The van der Waals surface area contributed by atoms with Crippen LogP contribution in [0.5, 0.6) is 0 Å². The van der Waals surface area contributed by atoms with E-state index in [0.29, 0.717) is 5.41 Å². The predicted octanol–water partition coefficient (Wildman–Crippen LogP) is 4.86. The molecule has 0 N–H and O–H groups in total. The molecule has 0 spiro atoms. The van der Waals surface area contributed by atoms with Crippen LogP contribution in [0.2, 0.25) is 0 Å². The van der Waals surface area contributed by atoms with Gasteiger partial charge in [0, 0.05) is 0 Å². The molecule has 0 aromatic heterocycles. The summed E-state index contributed by atoms with van der Waals surface area (Å²) in [4.78, 5) is 0. The Kier molecular flexibility index (Phi) is 4.58. The van der Waals surface area contributed by atoms with Crippen LogP contribution in [0.1, 0.15) is 52.2 Å². The van der Waals surface area contributed by atoms with Crippen LogP contribution in [0.3, 0.4) is 0 Å². The Labute approximate surface area is 101 Å². The molecule has 0 atom stereocenters. The van der Waals surface area contributed by atoms with Gasteiger partial charge in [0.25, 0.3) is 0 Å². The minimum absolute atomic E-state index is 0.500. The summed E-state index contributed by atoms with van der Waals surface area (Å²) in [6.07, 6.45) is 3.96. The molecule has 0 fully saturated rings. The molecule has 16 heavy (non-hydrogen) atoms. The smallest absolute Gasteiger partial charge is 0.0273 e. The van der Waals surface area contributed by atoms with Gasteiger partial charge in [-0.1, -0.05) is 58.9 Å². The van der Waals surface area contributed by atoms with Gasteiger partial charge in [-0.3, -0.25) is 0 Å². The van der Waals surface area contributed by atoms with Gasteiger partial charge in [-0.15, -0.1) is 0 Å². The normalized spacial score (nSPS) is 14.4. The summed E-state index contributed by atoms with van der Waals surface area (Å²) >= 11 is 0. The summed E-state index contributed by atoms with van der Waals surface area (Å²) < 4.78 is 0. The predicted molar refractivity (Wildman–Crippen MR) is 72.8 cm³/mol. The summed E-state index contributed by atoms with van der Waals surface area (Å²) in [6, 6.07) is 8.74. The van der Waals surface area contributed by atoms with E-state index < -0.39 is 0 Å². The van der Waals surface area contributed by atoms with Crippen LogP contribution < -0.4 is 0 Å². The van der Waals surface area contributed by atoms with E-state index in [2.05, 4.69) is 58.9 Å². The maximum Gasteiger partial charge on any atom is -0.0273 e. The minimum Gasteiger partial charge on any atom is -0.0623 e. The highest BCUT2D eigenvalue weighted by atomic mass is 14.2. The van der Waals surface area contributed by atoms with E-state index in [1.165, 1.54) is 19.3 Å². The molecule has 0 unspecified atom stereocenters. The van der Waals surface area contributed by atoms with Crippen molar-refractivity contribution >= 4 is 0 Å². The minimum atomic E-state index is 0.500. The average molecular weight is 218 g/mol. The van der Waals surface area contributed by atoms with Gasteiger partial charge >= 0.3 is 0 Å². The van der Waals surface area contributed by atoms with Crippen molar-refractivity contribution in [3.05, 3.63) is 35.4 Å². The molecule has 1 aliphatic carbocycles. The third kappa shape index (κ3) is 4.00. The van der Waals surface area contributed by atoms with Crippen LogP contribution >= 0.6 is 0 Å². The van der Waals surface area contributed by atoms with Gasteiger partial charge in [0.15, 0.2) is 0 Å². The molecule has 1 aromatic rings. The number of hydrogen-bond acceptors (Lipinski definition) is 0. The second-order valence-electron chi connectivity index (χ2n) is 6.14. The van der Waals surface area contributed by atoms with Crippen LogP contribution in [0.4, 0.5) is 0 Å². The average Bonchev–Trinajstić information content (AvgIpc) is 2.64. The maximum atomic E-state index is 2.26. The number of hydrogen-bond donors (Lipinski definition) is 0. The number of fused-ring (bicyclic) bond motifs is 1. The molecular formula is C16H26. The molecule has 2 rings (SSSR count). The number of rotatable bonds is 0. The molecular weight excluding hydrogens is 192 g/mol. The first-order chi connectivity index (χ1) is 7.41. The van der Waals surface area contributed by atoms with Crippen LogP contribution in [0.25, 0.3) is 0 Å². The maximum absolute atomic E-state index is 2.26. The molecule has 0 amide bonds. The van der Waals surface area contributed by atoms with E-state index in [1.807, 2.05) is 0 Å². The first-order valence-corrected chi connectivity index (χ1v) is 6.48. The molecule has 0 aliphatic heterocycles. The van der Waals surface area contributed by atoms with Crippen molar-refractivity contribution in [1.29, 1.82) is 0 Å². The molecule has 0 saturated heterocycles. The Bertz CT molecular complexity index is 292. The fourth-order valence-electron chi connectivity index (χ4n) is 1.51. The molecule has 0 saturated carbocycles. The first kappa shape index (κ1) is 13.3. The Morgan fingerprint density at radius 2 is 1.31 bits per heavy atom. The highest BCUT2D eigenvalue weighted by Crippen LogP contribution is 2.23. The zero-order valence-electron chi connectivity index (χ0n) is 11.5. The van der Waals surface area contributed by atoms with Crippen LogP contribution in [0.15, 0.2) is 24.3 Å². The first-order valence-electron chi connectivity index (χ1n) is 6.48. The zero-order chi connectivity index (χ0) is 12.2. The quantitative estimate of drug-likeness (QED) is 0.583. The summed E-state index contributed by atoms with van der Waals surface area (Å²) in [5.41, 5.74) is 3.63. The molecule has 0 bridgehead atoms. The monoisotopic (exact) mass is 218 g/mol. The highest BCUT2D eigenvalue weighted by molar-refractivity contribution is 5.30. The molecule has 0 heteroatoms. The van der Waals surface area contributed by atoms with Crippen molar-refractivity contribution in [2.45, 2.75) is 53.9 Å². The fourth-order valence-corrected chi connectivity index (χ4v) is 1.51. The summed E-state index contributed by atoms with van der Waals surface area (Å²) in [5.74, 6) is 0.799. The van der Waals surface area contributed by atoms with Crippen molar-refractivity contribution < 1.29 is 0 Å². The van der Waals surface area contributed by atoms with Gasteiger partial charge in [0.2, 0.25) is 0 Å². The summed E-state index contributed by atoms with van der Waals surface area (Å²) in [6.45, 7) is 11.3. The van der Waals surface area contributed by atoms with E-state index in [0.717, 1.165) is 5.92 Å². The van der Waals surface area contributed by atoms with Crippen molar-refractivity contribution in [1.82, 2.24) is 0 Å². The lowest BCUT2D eigenvalue weighted by molar-refractivity contribution is 0.283. The molecule has 90 valence electrons. The van der Waals surface area contributed by atoms with Crippen LogP contribution in [-0.2, 0) is 12.8 Å². The lowest BCUT2D eigenvalue weighted by atomic mass is 9.84. The van der Waals surface area contributed by atoms with E-state index in [9.17, 15) is 0 Å². The van der Waals surface area contributed by atoms with Crippen molar-refractivity contribution in [3.63, 3.8) is 0 Å². The van der Waals surface area contributed by atoms with Gasteiger partial charge in [-0.25, -0.2) is 0 Å². The largest absolute Gasteiger partial charge is 0.0623 e. The van der Waals surface area contributed by atoms with E-state index in [-0.39, 0.29) is 0 Å². The lowest BCUT2D eigenvalue weighted by Gasteiger charge is -2.22. The van der Waals surface area contributed by atoms with Crippen molar-refractivity contribution in [2.75, 3.05) is 0 Å². The zero-order valence-corrected chi connectivity index (χ0v) is 11.5. The Morgan fingerprint density at radius 1 is 0.938 bits per heavy atom. The van der Waals surface area contributed by atoms with E-state index in [1.54, 1.807) is 11.1 Å². The van der Waals surface area contributed by atoms with Gasteiger partial charge in [-0.2, -0.15) is 0 Å². The Morgan fingerprint density at radius 3 is 1.62 bits per heavy atom. The van der Waals surface area contributed by atoms with Crippen molar-refractivity contribution in [3.8, 4) is 0 Å². The molecule has 1 aromatic carbocycles. The SMILES string of the molecule is CC(C)C(C)(C)C.c1ccc2c(c1)CCC2. The summed E-state index contributed by atoms with van der Waals surface area (Å²) in [7, 11) is 0. The molecule has 0 nitrogen and oxygen atoms in total. The second kappa shape index (κ2) is 5.52. The highest BCUT2D eigenvalue weighted by Gasteiger charge is 2.13. The van der Waals surface area contributed by atoms with Gasteiger partial charge in [-0.05, 0) is 41.7 Å². The van der Waals surface area contributed by atoms with E-state index >= 15 is 0 Å². The number of benzene rings is 1. The lowest BCUT2D eigenvalue weighted by Crippen LogP contribution is -2.12. The molecule has 0 radical (unpaired) electrons. The van der Waals surface area contributed by atoms with Gasteiger partial charge in [0.1, 0.15) is 0 Å². The second-order valence-corrected chi connectivity index (χ2v) is 6.14. The third-order valence-electron chi connectivity index (χ3n) is 3.74. The standard InChI is InChI=1S/C9H10.C7H16/c1-2-5-9-7-3-6-8(9)4-1;1-6(2)7(3,4)5/h1-2,4-5H,3,6-7H2;6H,1-5H3.